The summed E-state index contributed by atoms with van der Waals surface area (Å²) < 4.78 is 10.3. The lowest BCUT2D eigenvalue weighted by atomic mass is 10.1. The number of rotatable bonds is 9. The Labute approximate surface area is 188 Å². The van der Waals surface area contributed by atoms with E-state index in [1.54, 1.807) is 10.9 Å². The van der Waals surface area contributed by atoms with Gasteiger partial charge in [-0.3, -0.25) is 13.9 Å². The number of aliphatic hydroxyl groups excluding tert-OH is 1. The maximum atomic E-state index is 13.3. The summed E-state index contributed by atoms with van der Waals surface area (Å²) >= 11 is 0. The second-order valence-corrected chi connectivity index (χ2v) is 9.35. The van der Waals surface area contributed by atoms with Crippen molar-refractivity contribution in [3.8, 4) is 5.75 Å². The van der Waals surface area contributed by atoms with E-state index in [0.717, 1.165) is 15.7 Å². The van der Waals surface area contributed by atoms with Gasteiger partial charge < -0.3 is 14.4 Å². The first-order valence-corrected chi connectivity index (χ1v) is 11.2. The van der Waals surface area contributed by atoms with Gasteiger partial charge in [0, 0.05) is 13.1 Å². The van der Waals surface area contributed by atoms with Gasteiger partial charge in [0.15, 0.2) is 11.2 Å². The second-order valence-electron chi connectivity index (χ2n) is 9.35. The predicted molar refractivity (Wildman–Crippen MR) is 125 cm³/mol. The van der Waals surface area contributed by atoms with E-state index in [2.05, 4.69) is 18.8 Å². The number of aryl methyl sites for hydroxylation is 2. The van der Waals surface area contributed by atoms with Crippen LogP contribution in [-0.4, -0.2) is 36.5 Å². The molecule has 3 rings (SSSR count). The van der Waals surface area contributed by atoms with Crippen molar-refractivity contribution in [2.24, 2.45) is 11.8 Å². The van der Waals surface area contributed by atoms with Crippen LogP contribution in [0, 0.1) is 25.7 Å². The minimum Gasteiger partial charge on any atom is -0.490 e. The third-order valence-corrected chi connectivity index (χ3v) is 5.32. The largest absolute Gasteiger partial charge is 0.490 e. The van der Waals surface area contributed by atoms with Crippen LogP contribution in [-0.2, 0) is 19.6 Å². The van der Waals surface area contributed by atoms with E-state index in [-0.39, 0.29) is 19.1 Å². The zero-order chi connectivity index (χ0) is 23.6. The van der Waals surface area contributed by atoms with Crippen LogP contribution < -0.4 is 16.0 Å². The Morgan fingerprint density at radius 2 is 1.59 bits per heavy atom. The summed E-state index contributed by atoms with van der Waals surface area (Å²) in [4.78, 5) is 30.9. The standard InChI is InChI=1S/C24H34N4O4/c1-15(2)10-26-14-25-22-20(26)23(30)28(24(31)27(22)11-16(3)4)12-19(29)13-32-21-17(5)8-7-9-18(21)6/h7-9,14-16,19,29H,10-13H2,1-6H3. The molecule has 0 aliphatic carbocycles. The average molecular weight is 443 g/mol. The topological polar surface area (TPSA) is 91.3 Å². The number of hydrogen-bond acceptors (Lipinski definition) is 5. The van der Waals surface area contributed by atoms with E-state index in [4.69, 9.17) is 4.74 Å². The Hall–Kier alpha value is -2.87. The lowest BCUT2D eigenvalue weighted by Crippen LogP contribution is -2.44. The summed E-state index contributed by atoms with van der Waals surface area (Å²) in [5.41, 5.74) is 1.82. The van der Waals surface area contributed by atoms with Crippen LogP contribution in [0.5, 0.6) is 5.75 Å². The first kappa shape index (κ1) is 23.8. The molecule has 1 aromatic carbocycles. The molecule has 2 heterocycles. The minimum absolute atomic E-state index is 0.0228. The number of aliphatic hydroxyl groups is 1. The fourth-order valence-electron chi connectivity index (χ4n) is 3.93. The van der Waals surface area contributed by atoms with Crippen LogP contribution in [0.15, 0.2) is 34.1 Å². The van der Waals surface area contributed by atoms with E-state index >= 15 is 0 Å². The van der Waals surface area contributed by atoms with Gasteiger partial charge in [0.05, 0.1) is 12.9 Å². The molecule has 3 aromatic rings. The van der Waals surface area contributed by atoms with Crippen LogP contribution in [0.2, 0.25) is 0 Å². The highest BCUT2D eigenvalue weighted by Crippen LogP contribution is 2.22. The van der Waals surface area contributed by atoms with Crippen molar-refractivity contribution in [2.75, 3.05) is 6.61 Å². The number of aromatic nitrogens is 4. The maximum Gasteiger partial charge on any atom is 0.332 e. The van der Waals surface area contributed by atoms with Crippen molar-refractivity contribution in [1.29, 1.82) is 0 Å². The van der Waals surface area contributed by atoms with Gasteiger partial charge in [0.25, 0.3) is 5.56 Å². The molecule has 1 unspecified atom stereocenters. The molecule has 1 atom stereocenters. The molecule has 2 aromatic heterocycles. The molecule has 0 aliphatic rings. The van der Waals surface area contributed by atoms with E-state index < -0.39 is 17.4 Å². The molecule has 0 saturated carbocycles. The van der Waals surface area contributed by atoms with Gasteiger partial charge >= 0.3 is 5.69 Å². The van der Waals surface area contributed by atoms with Crippen LogP contribution >= 0.6 is 0 Å². The van der Waals surface area contributed by atoms with Crippen molar-refractivity contribution in [2.45, 2.75) is 67.3 Å². The van der Waals surface area contributed by atoms with Crippen LogP contribution in [0.3, 0.4) is 0 Å². The van der Waals surface area contributed by atoms with E-state index in [0.29, 0.717) is 35.9 Å². The molecule has 1 N–H and O–H groups in total. The molecule has 0 bridgehead atoms. The second kappa shape index (κ2) is 9.73. The monoisotopic (exact) mass is 442 g/mol. The van der Waals surface area contributed by atoms with Gasteiger partial charge in [-0.05, 0) is 36.8 Å². The highest BCUT2D eigenvalue weighted by molar-refractivity contribution is 5.70. The van der Waals surface area contributed by atoms with Gasteiger partial charge in [0.1, 0.15) is 18.5 Å². The van der Waals surface area contributed by atoms with E-state index in [1.165, 1.54) is 4.57 Å². The lowest BCUT2D eigenvalue weighted by molar-refractivity contribution is 0.0894. The lowest BCUT2D eigenvalue weighted by Gasteiger charge is -2.18. The third-order valence-electron chi connectivity index (χ3n) is 5.32. The maximum absolute atomic E-state index is 13.3. The number of nitrogens with zero attached hydrogens (tertiary/aromatic N) is 4. The molecule has 8 heteroatoms. The molecule has 32 heavy (non-hydrogen) atoms. The van der Waals surface area contributed by atoms with Crippen molar-refractivity contribution in [3.63, 3.8) is 0 Å². The summed E-state index contributed by atoms with van der Waals surface area (Å²) in [5, 5.41) is 10.6. The van der Waals surface area contributed by atoms with Crippen molar-refractivity contribution < 1.29 is 9.84 Å². The predicted octanol–water partition coefficient (Wildman–Crippen LogP) is 2.73. The summed E-state index contributed by atoms with van der Waals surface area (Å²) in [6.07, 6.45) is 0.596. The number of ether oxygens (including phenoxy) is 1. The fourth-order valence-corrected chi connectivity index (χ4v) is 3.93. The van der Waals surface area contributed by atoms with Crippen LogP contribution in [0.1, 0.15) is 38.8 Å². The van der Waals surface area contributed by atoms with Crippen LogP contribution in [0.25, 0.3) is 11.2 Å². The van der Waals surface area contributed by atoms with Crippen molar-refractivity contribution in [1.82, 2.24) is 18.7 Å². The van der Waals surface area contributed by atoms with E-state index in [9.17, 15) is 14.7 Å². The SMILES string of the molecule is Cc1cccc(C)c1OCC(O)Cn1c(=O)c2c(ncn2CC(C)C)n(CC(C)C)c1=O. The zero-order valence-electron chi connectivity index (χ0n) is 19.8. The normalized spacial score (nSPS) is 12.8. The first-order valence-electron chi connectivity index (χ1n) is 11.2. The third kappa shape index (κ3) is 4.96. The van der Waals surface area contributed by atoms with Crippen LogP contribution in [0.4, 0.5) is 0 Å². The fraction of sp³-hybridized carbons (Fsp3) is 0.542. The highest BCUT2D eigenvalue weighted by atomic mass is 16.5. The zero-order valence-corrected chi connectivity index (χ0v) is 19.8. The summed E-state index contributed by atoms with van der Waals surface area (Å²) in [6, 6.07) is 5.82. The summed E-state index contributed by atoms with van der Waals surface area (Å²) in [7, 11) is 0. The number of hydrogen-bond donors (Lipinski definition) is 1. The van der Waals surface area contributed by atoms with Gasteiger partial charge in [-0.1, -0.05) is 45.9 Å². The molecule has 0 spiro atoms. The number of fused-ring (bicyclic) bond motifs is 1. The smallest absolute Gasteiger partial charge is 0.332 e. The molecular weight excluding hydrogens is 408 g/mol. The van der Waals surface area contributed by atoms with Gasteiger partial charge in [-0.15, -0.1) is 0 Å². The minimum atomic E-state index is -1.02. The van der Waals surface area contributed by atoms with Crippen molar-refractivity contribution >= 4 is 11.2 Å². The van der Waals surface area contributed by atoms with E-state index in [1.807, 2.05) is 45.9 Å². The molecule has 8 nitrogen and oxygen atoms in total. The van der Waals surface area contributed by atoms with Gasteiger partial charge in [-0.2, -0.15) is 0 Å². The molecular formula is C24H34N4O4. The Bertz CT molecular complexity index is 1180. The first-order chi connectivity index (χ1) is 15.1. The quantitative estimate of drug-likeness (QED) is 0.550. The molecule has 0 radical (unpaired) electrons. The average Bonchev–Trinajstić information content (AvgIpc) is 3.11. The summed E-state index contributed by atoms with van der Waals surface area (Å²) in [5.74, 6) is 1.21. The molecule has 0 saturated heterocycles. The highest BCUT2D eigenvalue weighted by Gasteiger charge is 2.21. The summed E-state index contributed by atoms with van der Waals surface area (Å²) in [6.45, 7) is 12.9. The van der Waals surface area contributed by atoms with Crippen molar-refractivity contribution in [3.05, 3.63) is 56.5 Å². The number of para-hydroxylation sites is 1. The molecule has 0 fully saturated rings. The number of imidazole rings is 1. The molecule has 0 amide bonds. The molecule has 174 valence electrons. The molecule has 0 aliphatic heterocycles. The Morgan fingerprint density at radius 1 is 0.969 bits per heavy atom. The van der Waals surface area contributed by atoms with Gasteiger partial charge in [0.2, 0.25) is 0 Å². The van der Waals surface area contributed by atoms with Gasteiger partial charge in [-0.25, -0.2) is 9.78 Å². The Morgan fingerprint density at radius 3 is 2.19 bits per heavy atom. The number of benzene rings is 1. The Balaban J connectivity index is 1.97. The Kier molecular flexibility index (Phi) is 7.23.